The van der Waals surface area contributed by atoms with Crippen molar-refractivity contribution in [1.82, 2.24) is 5.32 Å². The van der Waals surface area contributed by atoms with E-state index in [-0.39, 0.29) is 0 Å². The standard InChI is InChI=1S/C12H16N2O4/c1-8(11(15)16)13-12(17)14(2)9-4-6-10(18-3)7-5-9/h4-8H,1-3H3,(H,13,17)(H,15,16). The molecule has 6 heteroatoms. The molecule has 1 unspecified atom stereocenters. The Kier molecular flexibility index (Phi) is 4.53. The molecule has 0 radical (unpaired) electrons. The number of anilines is 1. The van der Waals surface area contributed by atoms with Gasteiger partial charge in [-0.1, -0.05) is 0 Å². The normalized spacial score (nSPS) is 11.5. The number of urea groups is 1. The Morgan fingerprint density at radius 3 is 2.33 bits per heavy atom. The van der Waals surface area contributed by atoms with Crippen LogP contribution in [0.3, 0.4) is 0 Å². The number of benzene rings is 1. The summed E-state index contributed by atoms with van der Waals surface area (Å²) in [4.78, 5) is 23.7. The van der Waals surface area contributed by atoms with Crippen LogP contribution in [0.1, 0.15) is 6.92 Å². The molecule has 1 rings (SSSR count). The Morgan fingerprint density at radius 2 is 1.89 bits per heavy atom. The number of ether oxygens (including phenoxy) is 1. The summed E-state index contributed by atoms with van der Waals surface area (Å²) in [5.41, 5.74) is 0.644. The van der Waals surface area contributed by atoms with Gasteiger partial charge in [0.25, 0.3) is 0 Å². The van der Waals surface area contributed by atoms with Gasteiger partial charge in [0, 0.05) is 12.7 Å². The molecule has 1 aromatic rings. The van der Waals surface area contributed by atoms with Crippen LogP contribution in [0.2, 0.25) is 0 Å². The van der Waals surface area contributed by atoms with Crippen molar-refractivity contribution < 1.29 is 19.4 Å². The fraction of sp³-hybridized carbons (Fsp3) is 0.333. The van der Waals surface area contributed by atoms with E-state index in [9.17, 15) is 9.59 Å². The van der Waals surface area contributed by atoms with Gasteiger partial charge in [0.05, 0.1) is 7.11 Å². The molecule has 0 aliphatic heterocycles. The first kappa shape index (κ1) is 13.8. The zero-order valence-electron chi connectivity index (χ0n) is 10.5. The summed E-state index contributed by atoms with van der Waals surface area (Å²) in [6.45, 7) is 1.40. The molecule has 0 fully saturated rings. The van der Waals surface area contributed by atoms with E-state index in [2.05, 4.69) is 5.32 Å². The number of amides is 2. The molecule has 0 heterocycles. The quantitative estimate of drug-likeness (QED) is 0.847. The number of hydrogen-bond donors (Lipinski definition) is 2. The van der Waals surface area contributed by atoms with Crippen LogP contribution < -0.4 is 15.0 Å². The Hall–Kier alpha value is -2.24. The molecule has 0 saturated heterocycles. The third kappa shape index (κ3) is 3.38. The zero-order chi connectivity index (χ0) is 13.7. The van der Waals surface area contributed by atoms with Crippen LogP contribution in [-0.4, -0.2) is 37.3 Å². The second-order valence-electron chi connectivity index (χ2n) is 3.77. The van der Waals surface area contributed by atoms with Gasteiger partial charge in [0.15, 0.2) is 0 Å². The van der Waals surface area contributed by atoms with Crippen molar-refractivity contribution in [3.8, 4) is 5.75 Å². The summed E-state index contributed by atoms with van der Waals surface area (Å²) in [6, 6.07) is 5.46. The number of hydrogen-bond acceptors (Lipinski definition) is 3. The van der Waals surface area contributed by atoms with E-state index in [0.717, 1.165) is 0 Å². The molecule has 18 heavy (non-hydrogen) atoms. The molecule has 1 atom stereocenters. The topological polar surface area (TPSA) is 78.9 Å². The highest BCUT2D eigenvalue weighted by Gasteiger charge is 2.17. The van der Waals surface area contributed by atoms with E-state index in [1.54, 1.807) is 38.4 Å². The van der Waals surface area contributed by atoms with Gasteiger partial charge in [-0.05, 0) is 31.2 Å². The molecule has 6 nitrogen and oxygen atoms in total. The lowest BCUT2D eigenvalue weighted by atomic mass is 10.3. The second-order valence-corrected chi connectivity index (χ2v) is 3.77. The van der Waals surface area contributed by atoms with Gasteiger partial charge in [-0.2, -0.15) is 0 Å². The van der Waals surface area contributed by atoms with Crippen molar-refractivity contribution in [2.24, 2.45) is 0 Å². The minimum absolute atomic E-state index is 0.477. The van der Waals surface area contributed by atoms with Crippen LogP contribution in [0.5, 0.6) is 5.75 Å². The monoisotopic (exact) mass is 252 g/mol. The summed E-state index contributed by atoms with van der Waals surface area (Å²) >= 11 is 0. The molecule has 0 saturated carbocycles. The molecule has 2 amide bonds. The summed E-state index contributed by atoms with van der Waals surface area (Å²) in [5.74, 6) is -0.391. The fourth-order valence-electron chi connectivity index (χ4n) is 1.27. The SMILES string of the molecule is COc1ccc(N(C)C(=O)NC(C)C(=O)O)cc1. The van der Waals surface area contributed by atoms with Crippen molar-refractivity contribution in [1.29, 1.82) is 0 Å². The lowest BCUT2D eigenvalue weighted by molar-refractivity contribution is -0.138. The summed E-state index contributed by atoms with van der Waals surface area (Å²) < 4.78 is 5.01. The van der Waals surface area contributed by atoms with Crippen LogP contribution in [0, 0.1) is 0 Å². The Balaban J connectivity index is 2.70. The Morgan fingerprint density at radius 1 is 1.33 bits per heavy atom. The lowest BCUT2D eigenvalue weighted by Gasteiger charge is -2.19. The van der Waals surface area contributed by atoms with E-state index in [1.807, 2.05) is 0 Å². The summed E-state index contributed by atoms with van der Waals surface area (Å²) in [7, 11) is 3.12. The van der Waals surface area contributed by atoms with Crippen LogP contribution in [-0.2, 0) is 4.79 Å². The third-order valence-corrected chi connectivity index (χ3v) is 2.47. The molecular formula is C12H16N2O4. The van der Waals surface area contributed by atoms with Crippen LogP contribution in [0.15, 0.2) is 24.3 Å². The second kappa shape index (κ2) is 5.90. The number of nitrogens with zero attached hydrogens (tertiary/aromatic N) is 1. The predicted molar refractivity (Wildman–Crippen MR) is 67.0 cm³/mol. The number of methoxy groups -OCH3 is 1. The van der Waals surface area contributed by atoms with E-state index in [0.29, 0.717) is 11.4 Å². The molecule has 1 aromatic carbocycles. The van der Waals surface area contributed by atoms with Crippen molar-refractivity contribution in [2.75, 3.05) is 19.1 Å². The maximum Gasteiger partial charge on any atom is 0.325 e. The average molecular weight is 252 g/mol. The highest BCUT2D eigenvalue weighted by molar-refractivity contribution is 5.93. The highest BCUT2D eigenvalue weighted by Crippen LogP contribution is 2.18. The molecule has 0 bridgehead atoms. The number of carbonyl (C=O) groups is 2. The number of carboxylic acids is 1. The fourth-order valence-corrected chi connectivity index (χ4v) is 1.27. The number of rotatable bonds is 4. The Labute approximate surface area is 105 Å². The van der Waals surface area contributed by atoms with Crippen LogP contribution in [0.25, 0.3) is 0 Å². The van der Waals surface area contributed by atoms with Gasteiger partial charge in [0.1, 0.15) is 11.8 Å². The van der Waals surface area contributed by atoms with E-state index >= 15 is 0 Å². The molecule has 0 aliphatic carbocycles. The molecule has 0 spiro atoms. The predicted octanol–water partition coefficient (Wildman–Crippen LogP) is 1.31. The van der Waals surface area contributed by atoms with Crippen LogP contribution >= 0.6 is 0 Å². The minimum Gasteiger partial charge on any atom is -0.497 e. The number of carbonyl (C=O) groups excluding carboxylic acids is 1. The van der Waals surface area contributed by atoms with Crippen molar-refractivity contribution >= 4 is 17.7 Å². The molecular weight excluding hydrogens is 236 g/mol. The number of carboxylic acid groups (broad SMARTS) is 1. The largest absolute Gasteiger partial charge is 0.497 e. The average Bonchev–Trinajstić information content (AvgIpc) is 2.37. The Bertz CT molecular complexity index is 430. The van der Waals surface area contributed by atoms with Crippen molar-refractivity contribution in [3.05, 3.63) is 24.3 Å². The first-order chi connectivity index (χ1) is 8.45. The third-order valence-electron chi connectivity index (χ3n) is 2.47. The molecule has 0 aromatic heterocycles. The minimum atomic E-state index is -1.08. The first-order valence-electron chi connectivity index (χ1n) is 5.36. The highest BCUT2D eigenvalue weighted by atomic mass is 16.5. The van der Waals surface area contributed by atoms with Crippen molar-refractivity contribution in [3.63, 3.8) is 0 Å². The van der Waals surface area contributed by atoms with Gasteiger partial charge in [-0.25, -0.2) is 4.79 Å². The van der Waals surface area contributed by atoms with E-state index < -0.39 is 18.0 Å². The van der Waals surface area contributed by atoms with Gasteiger partial charge >= 0.3 is 12.0 Å². The number of nitrogens with one attached hydrogen (secondary N) is 1. The summed E-state index contributed by atoms with van der Waals surface area (Å²) in [5, 5.41) is 11.1. The molecule has 2 N–H and O–H groups in total. The van der Waals surface area contributed by atoms with E-state index in [4.69, 9.17) is 9.84 Å². The zero-order valence-corrected chi connectivity index (χ0v) is 10.5. The van der Waals surface area contributed by atoms with Crippen molar-refractivity contribution in [2.45, 2.75) is 13.0 Å². The maximum atomic E-state index is 11.7. The smallest absolute Gasteiger partial charge is 0.325 e. The lowest BCUT2D eigenvalue weighted by Crippen LogP contribution is -2.45. The van der Waals surface area contributed by atoms with E-state index in [1.165, 1.54) is 11.8 Å². The van der Waals surface area contributed by atoms with Gasteiger partial charge in [-0.3, -0.25) is 9.69 Å². The number of aliphatic carboxylic acids is 1. The van der Waals surface area contributed by atoms with Gasteiger partial charge in [-0.15, -0.1) is 0 Å². The van der Waals surface area contributed by atoms with Gasteiger partial charge < -0.3 is 15.2 Å². The van der Waals surface area contributed by atoms with Crippen LogP contribution in [0.4, 0.5) is 10.5 Å². The maximum absolute atomic E-state index is 11.7. The molecule has 0 aliphatic rings. The summed E-state index contributed by atoms with van der Waals surface area (Å²) in [6.07, 6.45) is 0. The first-order valence-corrected chi connectivity index (χ1v) is 5.36. The molecule has 98 valence electrons. The van der Waals surface area contributed by atoms with Gasteiger partial charge in [0.2, 0.25) is 0 Å².